The van der Waals surface area contributed by atoms with Gasteiger partial charge in [-0.2, -0.15) is 0 Å². The third-order valence-electron chi connectivity index (χ3n) is 3.48. The van der Waals surface area contributed by atoms with Crippen LogP contribution in [-0.4, -0.2) is 37.9 Å². The van der Waals surface area contributed by atoms with Crippen molar-refractivity contribution < 1.29 is 19.0 Å². The quantitative estimate of drug-likeness (QED) is 0.632. The summed E-state index contributed by atoms with van der Waals surface area (Å²) in [6, 6.07) is 7.32. The van der Waals surface area contributed by atoms with Crippen LogP contribution in [0.15, 0.2) is 24.3 Å². The molecule has 1 aromatic rings. The van der Waals surface area contributed by atoms with Crippen LogP contribution in [0.1, 0.15) is 40.5 Å². The lowest BCUT2D eigenvalue weighted by molar-refractivity contribution is -0.139. The van der Waals surface area contributed by atoms with E-state index in [9.17, 15) is 4.79 Å². The van der Waals surface area contributed by atoms with Gasteiger partial charge in [-0.05, 0) is 51.5 Å². The van der Waals surface area contributed by atoms with Gasteiger partial charge in [0.2, 0.25) is 0 Å². The predicted molar refractivity (Wildman–Crippen MR) is 92.0 cm³/mol. The molecule has 0 aliphatic heterocycles. The Kier molecular flexibility index (Phi) is 8.66. The van der Waals surface area contributed by atoms with Crippen molar-refractivity contribution in [1.82, 2.24) is 0 Å². The Bertz CT molecular complexity index is 453. The maximum Gasteiger partial charge on any atom is 0.256 e. The smallest absolute Gasteiger partial charge is 0.256 e. The van der Waals surface area contributed by atoms with E-state index in [0.29, 0.717) is 32.8 Å². The summed E-state index contributed by atoms with van der Waals surface area (Å²) >= 11 is 0. The number of amides is 1. The molecule has 0 aliphatic rings. The van der Waals surface area contributed by atoms with Gasteiger partial charge in [0.1, 0.15) is 18.0 Å². The van der Waals surface area contributed by atoms with Crippen molar-refractivity contribution >= 4 is 11.6 Å². The molecule has 0 aromatic heterocycles. The number of rotatable bonds is 11. The molecule has 23 heavy (non-hydrogen) atoms. The summed E-state index contributed by atoms with van der Waals surface area (Å²) in [5.74, 6) is 0.634. The molecule has 5 heteroatoms. The monoisotopic (exact) mass is 323 g/mol. The molecule has 0 aliphatic carbocycles. The van der Waals surface area contributed by atoms with Crippen molar-refractivity contribution in [2.24, 2.45) is 0 Å². The lowest BCUT2D eigenvalue weighted by Gasteiger charge is -2.27. The van der Waals surface area contributed by atoms with Gasteiger partial charge in [0.05, 0.1) is 6.61 Å². The van der Waals surface area contributed by atoms with Crippen molar-refractivity contribution in [2.45, 2.75) is 46.1 Å². The molecule has 5 nitrogen and oxygen atoms in total. The average Bonchev–Trinajstić information content (AvgIpc) is 2.53. The predicted octanol–water partition coefficient (Wildman–Crippen LogP) is 3.64. The summed E-state index contributed by atoms with van der Waals surface area (Å²) in [6.45, 7) is 10.00. The Hall–Kier alpha value is -1.59. The van der Waals surface area contributed by atoms with Crippen LogP contribution in [0, 0.1) is 0 Å². The number of carbonyl (C=O) groups is 1. The summed E-state index contributed by atoms with van der Waals surface area (Å²) in [5, 5.41) is 2.91. The van der Waals surface area contributed by atoms with E-state index in [-0.39, 0.29) is 5.91 Å². The first-order valence-corrected chi connectivity index (χ1v) is 8.31. The molecule has 1 amide bonds. The highest BCUT2D eigenvalue weighted by molar-refractivity contribution is 5.97. The van der Waals surface area contributed by atoms with E-state index in [1.807, 2.05) is 52.0 Å². The zero-order valence-electron chi connectivity index (χ0n) is 14.7. The number of ether oxygens (including phenoxy) is 3. The van der Waals surface area contributed by atoms with Gasteiger partial charge in [-0.3, -0.25) is 4.79 Å². The standard InChI is InChI=1S/C18H29NO4/c1-5-12-18(4,23-7-3)17(20)19-15-8-10-16(11-9-15)22-14-13-21-6-2/h8-11H,5-7,12-14H2,1-4H3,(H,19,20)/t18-/m1/s1. The molecule has 0 heterocycles. The van der Waals surface area contributed by atoms with E-state index >= 15 is 0 Å². The molecule has 0 bridgehead atoms. The second-order valence-electron chi connectivity index (χ2n) is 5.44. The largest absolute Gasteiger partial charge is 0.491 e. The highest BCUT2D eigenvalue weighted by Crippen LogP contribution is 2.22. The van der Waals surface area contributed by atoms with Gasteiger partial charge in [0.25, 0.3) is 5.91 Å². The summed E-state index contributed by atoms with van der Waals surface area (Å²) in [4.78, 5) is 12.5. The minimum absolute atomic E-state index is 0.119. The van der Waals surface area contributed by atoms with Crippen LogP contribution >= 0.6 is 0 Å². The van der Waals surface area contributed by atoms with E-state index in [0.717, 1.165) is 17.9 Å². The molecule has 0 saturated carbocycles. The Morgan fingerprint density at radius 3 is 2.35 bits per heavy atom. The molecular formula is C18H29NO4. The zero-order chi connectivity index (χ0) is 17.1. The summed E-state index contributed by atoms with van der Waals surface area (Å²) in [5.41, 5.74) is -0.0647. The van der Waals surface area contributed by atoms with Crippen molar-refractivity contribution in [1.29, 1.82) is 0 Å². The first kappa shape index (κ1) is 19.5. The molecular weight excluding hydrogens is 294 g/mol. The molecule has 0 radical (unpaired) electrons. The molecule has 0 fully saturated rings. The molecule has 1 atom stereocenters. The normalized spacial score (nSPS) is 13.4. The first-order chi connectivity index (χ1) is 11.1. The second-order valence-corrected chi connectivity index (χ2v) is 5.44. The van der Waals surface area contributed by atoms with Crippen LogP contribution in [0.2, 0.25) is 0 Å². The maximum absolute atomic E-state index is 12.5. The average molecular weight is 323 g/mol. The van der Waals surface area contributed by atoms with Gasteiger partial charge < -0.3 is 19.5 Å². The maximum atomic E-state index is 12.5. The first-order valence-electron chi connectivity index (χ1n) is 8.31. The Labute approximate surface area is 139 Å². The topological polar surface area (TPSA) is 56.8 Å². The molecule has 1 aromatic carbocycles. The fourth-order valence-electron chi connectivity index (χ4n) is 2.31. The van der Waals surface area contributed by atoms with Gasteiger partial charge in [-0.25, -0.2) is 0 Å². The van der Waals surface area contributed by atoms with Crippen molar-refractivity contribution in [3.63, 3.8) is 0 Å². The molecule has 0 unspecified atom stereocenters. The third-order valence-corrected chi connectivity index (χ3v) is 3.48. The molecule has 130 valence electrons. The Morgan fingerprint density at radius 2 is 1.78 bits per heavy atom. The highest BCUT2D eigenvalue weighted by Gasteiger charge is 2.32. The fourth-order valence-corrected chi connectivity index (χ4v) is 2.31. The Morgan fingerprint density at radius 1 is 1.09 bits per heavy atom. The van der Waals surface area contributed by atoms with Crippen molar-refractivity contribution in [2.75, 3.05) is 31.7 Å². The minimum Gasteiger partial charge on any atom is -0.491 e. The zero-order valence-corrected chi connectivity index (χ0v) is 14.7. The van der Waals surface area contributed by atoms with Gasteiger partial charge in [0, 0.05) is 18.9 Å². The highest BCUT2D eigenvalue weighted by atomic mass is 16.5. The lowest BCUT2D eigenvalue weighted by Crippen LogP contribution is -2.42. The molecule has 1 rings (SSSR count). The number of hydrogen-bond donors (Lipinski definition) is 1. The summed E-state index contributed by atoms with van der Waals surface area (Å²) in [6.07, 6.45) is 1.57. The molecule has 1 N–H and O–H groups in total. The van der Waals surface area contributed by atoms with Gasteiger partial charge in [-0.15, -0.1) is 0 Å². The van der Waals surface area contributed by atoms with Crippen LogP contribution in [0.5, 0.6) is 5.75 Å². The SMILES string of the molecule is CCC[C@@](C)(OCC)C(=O)Nc1ccc(OCCOCC)cc1. The molecule has 0 saturated heterocycles. The number of benzene rings is 1. The number of nitrogens with one attached hydrogen (secondary N) is 1. The van der Waals surface area contributed by atoms with Crippen LogP contribution in [0.3, 0.4) is 0 Å². The third kappa shape index (κ3) is 6.59. The van der Waals surface area contributed by atoms with Gasteiger partial charge in [-0.1, -0.05) is 13.3 Å². The number of hydrogen-bond acceptors (Lipinski definition) is 4. The van der Waals surface area contributed by atoms with E-state index in [4.69, 9.17) is 14.2 Å². The van der Waals surface area contributed by atoms with E-state index in [1.165, 1.54) is 0 Å². The second kappa shape index (κ2) is 10.2. The summed E-state index contributed by atoms with van der Waals surface area (Å²) in [7, 11) is 0. The van der Waals surface area contributed by atoms with E-state index in [1.54, 1.807) is 0 Å². The number of carbonyl (C=O) groups excluding carboxylic acids is 1. The van der Waals surface area contributed by atoms with Crippen molar-refractivity contribution in [3.05, 3.63) is 24.3 Å². The van der Waals surface area contributed by atoms with E-state index in [2.05, 4.69) is 5.32 Å². The van der Waals surface area contributed by atoms with Crippen LogP contribution in [0.25, 0.3) is 0 Å². The van der Waals surface area contributed by atoms with Crippen LogP contribution in [0.4, 0.5) is 5.69 Å². The van der Waals surface area contributed by atoms with Gasteiger partial charge >= 0.3 is 0 Å². The van der Waals surface area contributed by atoms with E-state index < -0.39 is 5.60 Å². The number of anilines is 1. The molecule has 0 spiro atoms. The summed E-state index contributed by atoms with van der Waals surface area (Å²) < 4.78 is 16.4. The Balaban J connectivity index is 2.57. The van der Waals surface area contributed by atoms with Crippen molar-refractivity contribution in [3.8, 4) is 5.75 Å². The lowest BCUT2D eigenvalue weighted by atomic mass is 9.99. The minimum atomic E-state index is -0.795. The van der Waals surface area contributed by atoms with Crippen LogP contribution < -0.4 is 10.1 Å². The van der Waals surface area contributed by atoms with Gasteiger partial charge in [0.15, 0.2) is 0 Å². The van der Waals surface area contributed by atoms with Crippen LogP contribution in [-0.2, 0) is 14.3 Å². The fraction of sp³-hybridized carbons (Fsp3) is 0.611.